The Kier molecular flexibility index (Phi) is 5.68. The topological polar surface area (TPSA) is 88.6 Å². The Morgan fingerprint density at radius 2 is 2.00 bits per heavy atom. The molecular weight excluding hydrogens is 332 g/mol. The van der Waals surface area contributed by atoms with Crippen molar-refractivity contribution in [1.29, 1.82) is 0 Å². The number of nitrogens with one attached hydrogen (secondary N) is 2. The van der Waals surface area contributed by atoms with Gasteiger partial charge in [0.2, 0.25) is 5.82 Å². The molecule has 0 aliphatic carbocycles. The standard InChI is InChI=1S/C19H22N4O3/c1-2-3-5-10-20-19(25)17-22-16(15-9-4-6-11-23(15)17)18(24)21-13-14-8-7-12-26-14/h4,6-9,11-12H,2-3,5,10,13H2,1H3,(H,20,25)(H,21,24). The number of pyridine rings is 1. The highest BCUT2D eigenvalue weighted by molar-refractivity contribution is 6.02. The van der Waals surface area contributed by atoms with E-state index in [0.29, 0.717) is 17.8 Å². The van der Waals surface area contributed by atoms with E-state index in [-0.39, 0.29) is 29.9 Å². The van der Waals surface area contributed by atoms with Crippen molar-refractivity contribution in [3.63, 3.8) is 0 Å². The van der Waals surface area contributed by atoms with Crippen molar-refractivity contribution in [2.24, 2.45) is 0 Å². The van der Waals surface area contributed by atoms with Gasteiger partial charge in [-0.25, -0.2) is 4.98 Å². The number of carbonyl (C=O) groups is 2. The number of fused-ring (bicyclic) bond motifs is 1. The summed E-state index contributed by atoms with van der Waals surface area (Å²) in [4.78, 5) is 29.3. The van der Waals surface area contributed by atoms with Crippen LogP contribution in [0.2, 0.25) is 0 Å². The van der Waals surface area contributed by atoms with Gasteiger partial charge < -0.3 is 15.1 Å². The van der Waals surface area contributed by atoms with E-state index < -0.39 is 0 Å². The Labute approximate surface area is 151 Å². The molecule has 136 valence electrons. The van der Waals surface area contributed by atoms with E-state index in [1.807, 2.05) is 6.07 Å². The van der Waals surface area contributed by atoms with Crippen LogP contribution in [-0.4, -0.2) is 27.7 Å². The second-order valence-corrected chi connectivity index (χ2v) is 5.96. The first-order valence-corrected chi connectivity index (χ1v) is 8.76. The van der Waals surface area contributed by atoms with E-state index in [1.54, 1.807) is 41.1 Å². The molecule has 0 spiro atoms. The normalized spacial score (nSPS) is 10.8. The lowest BCUT2D eigenvalue weighted by molar-refractivity contribution is 0.0941. The van der Waals surface area contributed by atoms with Crippen molar-refractivity contribution >= 4 is 17.3 Å². The Bertz CT molecular complexity index is 883. The van der Waals surface area contributed by atoms with Gasteiger partial charge >= 0.3 is 0 Å². The third-order valence-electron chi connectivity index (χ3n) is 4.04. The van der Waals surface area contributed by atoms with Crippen LogP contribution in [0.4, 0.5) is 0 Å². The van der Waals surface area contributed by atoms with E-state index in [0.717, 1.165) is 19.3 Å². The highest BCUT2D eigenvalue weighted by Gasteiger charge is 2.21. The zero-order valence-electron chi connectivity index (χ0n) is 14.7. The highest BCUT2D eigenvalue weighted by Crippen LogP contribution is 2.14. The number of furan rings is 1. The number of rotatable bonds is 8. The fourth-order valence-corrected chi connectivity index (χ4v) is 2.69. The Hall–Kier alpha value is -3.09. The first kappa shape index (κ1) is 17.7. The molecule has 3 aromatic rings. The summed E-state index contributed by atoms with van der Waals surface area (Å²) in [6.45, 7) is 2.96. The average molecular weight is 354 g/mol. The molecular formula is C19H22N4O3. The van der Waals surface area contributed by atoms with Crippen molar-refractivity contribution in [3.05, 3.63) is 60.1 Å². The van der Waals surface area contributed by atoms with E-state index in [4.69, 9.17) is 4.42 Å². The van der Waals surface area contributed by atoms with Gasteiger partial charge in [-0.2, -0.15) is 0 Å². The van der Waals surface area contributed by atoms with Crippen LogP contribution in [0, 0.1) is 0 Å². The number of hydrogen-bond acceptors (Lipinski definition) is 4. The molecule has 3 aromatic heterocycles. The molecule has 7 heteroatoms. The van der Waals surface area contributed by atoms with Gasteiger partial charge in [-0.3, -0.25) is 14.0 Å². The van der Waals surface area contributed by atoms with Gasteiger partial charge in [0.1, 0.15) is 5.76 Å². The first-order valence-electron chi connectivity index (χ1n) is 8.76. The second kappa shape index (κ2) is 8.33. The zero-order valence-corrected chi connectivity index (χ0v) is 14.7. The SMILES string of the molecule is CCCCCNC(=O)c1nc(C(=O)NCc2ccco2)c2ccccn12. The van der Waals surface area contributed by atoms with Crippen LogP contribution in [-0.2, 0) is 6.54 Å². The van der Waals surface area contributed by atoms with Crippen LogP contribution in [0.1, 0.15) is 53.1 Å². The summed E-state index contributed by atoms with van der Waals surface area (Å²) in [6, 6.07) is 8.91. The van der Waals surface area contributed by atoms with Crippen LogP contribution >= 0.6 is 0 Å². The van der Waals surface area contributed by atoms with Gasteiger partial charge in [0.15, 0.2) is 5.69 Å². The maximum atomic E-state index is 12.5. The largest absolute Gasteiger partial charge is 0.467 e. The fourth-order valence-electron chi connectivity index (χ4n) is 2.69. The number of unbranched alkanes of at least 4 members (excludes halogenated alkanes) is 2. The Balaban J connectivity index is 1.78. The summed E-state index contributed by atoms with van der Waals surface area (Å²) in [6.07, 6.45) is 6.34. The monoisotopic (exact) mass is 354 g/mol. The predicted molar refractivity (Wildman–Crippen MR) is 96.9 cm³/mol. The van der Waals surface area contributed by atoms with Gasteiger partial charge in [-0.05, 0) is 30.7 Å². The van der Waals surface area contributed by atoms with Crippen LogP contribution < -0.4 is 10.6 Å². The molecule has 0 radical (unpaired) electrons. The molecule has 2 N–H and O–H groups in total. The fraction of sp³-hybridized carbons (Fsp3) is 0.316. The summed E-state index contributed by atoms with van der Waals surface area (Å²) in [5.41, 5.74) is 0.805. The molecule has 0 aliphatic heterocycles. The molecule has 7 nitrogen and oxygen atoms in total. The molecule has 0 atom stereocenters. The quantitative estimate of drug-likeness (QED) is 0.609. The van der Waals surface area contributed by atoms with Crippen LogP contribution in [0.25, 0.3) is 5.52 Å². The number of nitrogens with zero attached hydrogens (tertiary/aromatic N) is 2. The first-order chi connectivity index (χ1) is 12.7. The third kappa shape index (κ3) is 3.93. The molecule has 0 fully saturated rings. The summed E-state index contributed by atoms with van der Waals surface area (Å²) in [5, 5.41) is 5.63. The van der Waals surface area contributed by atoms with Gasteiger partial charge in [0, 0.05) is 12.7 Å². The average Bonchev–Trinajstić information content (AvgIpc) is 3.31. The molecule has 0 saturated heterocycles. The van der Waals surface area contributed by atoms with Gasteiger partial charge in [0.25, 0.3) is 11.8 Å². The van der Waals surface area contributed by atoms with E-state index in [9.17, 15) is 9.59 Å². The van der Waals surface area contributed by atoms with Crippen molar-refractivity contribution in [2.45, 2.75) is 32.7 Å². The summed E-state index contributed by atoms with van der Waals surface area (Å²) >= 11 is 0. The number of aromatic nitrogens is 2. The Morgan fingerprint density at radius 3 is 2.77 bits per heavy atom. The highest BCUT2D eigenvalue weighted by atomic mass is 16.3. The van der Waals surface area contributed by atoms with Crippen molar-refractivity contribution in [3.8, 4) is 0 Å². The number of carbonyl (C=O) groups excluding carboxylic acids is 2. The summed E-state index contributed by atoms with van der Waals surface area (Å²) in [5.74, 6) is 0.221. The molecule has 0 saturated carbocycles. The third-order valence-corrected chi connectivity index (χ3v) is 4.04. The molecule has 3 rings (SSSR count). The molecule has 2 amide bonds. The predicted octanol–water partition coefficient (Wildman–Crippen LogP) is 2.78. The number of imidazole rings is 1. The van der Waals surface area contributed by atoms with E-state index in [2.05, 4.69) is 22.5 Å². The summed E-state index contributed by atoms with van der Waals surface area (Å²) < 4.78 is 6.85. The maximum absolute atomic E-state index is 12.5. The van der Waals surface area contributed by atoms with Crippen LogP contribution in [0.3, 0.4) is 0 Å². The minimum atomic E-state index is -0.352. The maximum Gasteiger partial charge on any atom is 0.287 e. The van der Waals surface area contributed by atoms with Gasteiger partial charge in [-0.15, -0.1) is 0 Å². The Morgan fingerprint density at radius 1 is 1.12 bits per heavy atom. The van der Waals surface area contributed by atoms with Crippen LogP contribution in [0.5, 0.6) is 0 Å². The van der Waals surface area contributed by atoms with Gasteiger partial charge in [-0.1, -0.05) is 25.8 Å². The van der Waals surface area contributed by atoms with Crippen molar-refractivity contribution in [1.82, 2.24) is 20.0 Å². The minimum Gasteiger partial charge on any atom is -0.467 e. The minimum absolute atomic E-state index is 0.209. The van der Waals surface area contributed by atoms with Crippen molar-refractivity contribution in [2.75, 3.05) is 6.54 Å². The molecule has 0 aromatic carbocycles. The lowest BCUT2D eigenvalue weighted by Crippen LogP contribution is -2.27. The molecule has 0 unspecified atom stereocenters. The van der Waals surface area contributed by atoms with Crippen molar-refractivity contribution < 1.29 is 14.0 Å². The zero-order chi connectivity index (χ0) is 18.4. The summed E-state index contributed by atoms with van der Waals surface area (Å²) in [7, 11) is 0. The lowest BCUT2D eigenvalue weighted by Gasteiger charge is -2.03. The molecule has 26 heavy (non-hydrogen) atoms. The lowest BCUT2D eigenvalue weighted by atomic mass is 10.2. The molecule has 3 heterocycles. The van der Waals surface area contributed by atoms with Crippen LogP contribution in [0.15, 0.2) is 47.2 Å². The van der Waals surface area contributed by atoms with E-state index in [1.165, 1.54) is 0 Å². The number of hydrogen-bond donors (Lipinski definition) is 2. The molecule has 0 bridgehead atoms. The molecule has 0 aliphatic rings. The van der Waals surface area contributed by atoms with E-state index >= 15 is 0 Å². The smallest absolute Gasteiger partial charge is 0.287 e. The second-order valence-electron chi connectivity index (χ2n) is 5.96. The number of amides is 2. The van der Waals surface area contributed by atoms with Gasteiger partial charge in [0.05, 0.1) is 18.3 Å².